The summed E-state index contributed by atoms with van der Waals surface area (Å²) in [5, 5.41) is 12.1. The number of benzene rings is 2. The molecule has 1 amide bonds. The summed E-state index contributed by atoms with van der Waals surface area (Å²) in [5.41, 5.74) is 3.12. The number of anilines is 1. The van der Waals surface area contributed by atoms with E-state index < -0.39 is 0 Å². The number of aromatic nitrogens is 2. The van der Waals surface area contributed by atoms with Crippen molar-refractivity contribution in [3.05, 3.63) is 78.4 Å². The normalized spacial score (nSPS) is 10.8. The first-order valence-electron chi connectivity index (χ1n) is 8.05. The van der Waals surface area contributed by atoms with Gasteiger partial charge in [0.1, 0.15) is 5.75 Å². The molecule has 3 rings (SSSR count). The Labute approximate surface area is 151 Å². The maximum absolute atomic E-state index is 12.1. The Morgan fingerprint density at radius 1 is 1.27 bits per heavy atom. The molecule has 0 radical (unpaired) electrons. The standard InChI is InChI=1S/C20H19N3O3/c1-26-19-8-5-17(12-16(19)13-24)22-20(25)9-4-15-2-6-18(7-3-15)23-11-10-21-14-23/h2-12,14,24H,13H2,1H3,(H,22,25)/b9-4+. The van der Waals surface area contributed by atoms with Crippen molar-refractivity contribution in [1.82, 2.24) is 9.55 Å². The minimum Gasteiger partial charge on any atom is -0.496 e. The monoisotopic (exact) mass is 349 g/mol. The Balaban J connectivity index is 1.64. The topological polar surface area (TPSA) is 76.4 Å². The van der Waals surface area contributed by atoms with Crippen molar-refractivity contribution in [1.29, 1.82) is 0 Å². The predicted octanol–water partition coefficient (Wildman–Crippen LogP) is 3.03. The molecule has 0 aliphatic carbocycles. The molecule has 0 aliphatic heterocycles. The summed E-state index contributed by atoms with van der Waals surface area (Å²) in [5.74, 6) is 0.330. The van der Waals surface area contributed by atoms with Crippen LogP contribution >= 0.6 is 0 Å². The van der Waals surface area contributed by atoms with Crippen LogP contribution in [0, 0.1) is 0 Å². The molecule has 2 aromatic carbocycles. The number of hydrogen-bond donors (Lipinski definition) is 2. The number of nitrogens with one attached hydrogen (secondary N) is 1. The van der Waals surface area contributed by atoms with Gasteiger partial charge >= 0.3 is 0 Å². The molecule has 3 aromatic rings. The number of rotatable bonds is 6. The highest BCUT2D eigenvalue weighted by atomic mass is 16.5. The van der Waals surface area contributed by atoms with Crippen LogP contribution < -0.4 is 10.1 Å². The summed E-state index contributed by atoms with van der Waals surface area (Å²) in [7, 11) is 1.54. The van der Waals surface area contributed by atoms with E-state index in [0.29, 0.717) is 17.0 Å². The maximum atomic E-state index is 12.1. The number of imidazole rings is 1. The van der Waals surface area contributed by atoms with E-state index in [2.05, 4.69) is 10.3 Å². The molecule has 0 unspecified atom stereocenters. The van der Waals surface area contributed by atoms with Crippen molar-refractivity contribution in [2.24, 2.45) is 0 Å². The van der Waals surface area contributed by atoms with Gasteiger partial charge in [-0.1, -0.05) is 12.1 Å². The molecule has 26 heavy (non-hydrogen) atoms. The summed E-state index contributed by atoms with van der Waals surface area (Å²) < 4.78 is 7.05. The van der Waals surface area contributed by atoms with Gasteiger partial charge in [0.05, 0.1) is 20.0 Å². The van der Waals surface area contributed by atoms with Crippen molar-refractivity contribution >= 4 is 17.7 Å². The molecule has 6 heteroatoms. The van der Waals surface area contributed by atoms with E-state index in [1.165, 1.54) is 13.2 Å². The summed E-state index contributed by atoms with van der Waals surface area (Å²) in [4.78, 5) is 16.1. The Kier molecular flexibility index (Phi) is 5.46. The zero-order chi connectivity index (χ0) is 18.4. The van der Waals surface area contributed by atoms with Crippen LogP contribution in [-0.2, 0) is 11.4 Å². The zero-order valence-electron chi connectivity index (χ0n) is 14.3. The molecular weight excluding hydrogens is 330 g/mol. The molecule has 0 fully saturated rings. The number of nitrogens with zero attached hydrogens (tertiary/aromatic N) is 2. The smallest absolute Gasteiger partial charge is 0.248 e. The van der Waals surface area contributed by atoms with E-state index in [1.54, 1.807) is 36.8 Å². The molecule has 6 nitrogen and oxygen atoms in total. The van der Waals surface area contributed by atoms with Crippen LogP contribution in [0.4, 0.5) is 5.69 Å². The maximum Gasteiger partial charge on any atom is 0.248 e. The van der Waals surface area contributed by atoms with Gasteiger partial charge in [0.2, 0.25) is 5.91 Å². The first-order valence-corrected chi connectivity index (χ1v) is 8.05. The van der Waals surface area contributed by atoms with E-state index in [-0.39, 0.29) is 12.5 Å². The lowest BCUT2D eigenvalue weighted by Gasteiger charge is -2.09. The second-order valence-corrected chi connectivity index (χ2v) is 5.57. The van der Waals surface area contributed by atoms with Gasteiger partial charge < -0.3 is 19.7 Å². The average Bonchev–Trinajstić information content (AvgIpc) is 3.21. The second kappa shape index (κ2) is 8.13. The molecule has 0 spiro atoms. The number of ether oxygens (including phenoxy) is 1. The molecule has 1 heterocycles. The van der Waals surface area contributed by atoms with Crippen molar-refractivity contribution in [3.8, 4) is 11.4 Å². The van der Waals surface area contributed by atoms with Crippen molar-refractivity contribution in [3.63, 3.8) is 0 Å². The van der Waals surface area contributed by atoms with Crippen LogP contribution in [0.25, 0.3) is 11.8 Å². The molecule has 0 bridgehead atoms. The lowest BCUT2D eigenvalue weighted by molar-refractivity contribution is -0.111. The number of amides is 1. The Morgan fingerprint density at radius 2 is 2.08 bits per heavy atom. The number of carbonyl (C=O) groups excluding carboxylic acids is 1. The van der Waals surface area contributed by atoms with Crippen LogP contribution in [0.15, 0.2) is 67.3 Å². The van der Waals surface area contributed by atoms with Gasteiger partial charge in [-0.15, -0.1) is 0 Å². The Hall–Kier alpha value is -3.38. The minimum absolute atomic E-state index is 0.161. The summed E-state index contributed by atoms with van der Waals surface area (Å²) >= 11 is 0. The highest BCUT2D eigenvalue weighted by Gasteiger charge is 2.05. The average molecular weight is 349 g/mol. The highest BCUT2D eigenvalue weighted by Crippen LogP contribution is 2.22. The Bertz CT molecular complexity index is 901. The molecule has 0 saturated carbocycles. The molecule has 2 N–H and O–H groups in total. The molecule has 0 atom stereocenters. The van der Waals surface area contributed by atoms with Crippen molar-refractivity contribution in [2.75, 3.05) is 12.4 Å². The molecular formula is C20H19N3O3. The number of aliphatic hydroxyl groups excluding tert-OH is 1. The SMILES string of the molecule is COc1ccc(NC(=O)/C=C/c2ccc(-n3ccnc3)cc2)cc1CO. The first-order chi connectivity index (χ1) is 12.7. The largest absolute Gasteiger partial charge is 0.496 e. The lowest BCUT2D eigenvalue weighted by Crippen LogP contribution is -2.08. The minimum atomic E-state index is -0.252. The van der Waals surface area contributed by atoms with Gasteiger partial charge in [0.25, 0.3) is 0 Å². The van der Waals surface area contributed by atoms with Gasteiger partial charge in [-0.25, -0.2) is 4.98 Å². The fraction of sp³-hybridized carbons (Fsp3) is 0.100. The number of aliphatic hydroxyl groups is 1. The quantitative estimate of drug-likeness (QED) is 0.671. The first kappa shape index (κ1) is 17.4. The third-order valence-corrected chi connectivity index (χ3v) is 3.84. The van der Waals surface area contributed by atoms with Crippen molar-refractivity contribution in [2.45, 2.75) is 6.61 Å². The van der Waals surface area contributed by atoms with Crippen LogP contribution in [0.2, 0.25) is 0 Å². The third-order valence-electron chi connectivity index (χ3n) is 3.84. The lowest BCUT2D eigenvalue weighted by atomic mass is 10.1. The van der Waals surface area contributed by atoms with Crippen LogP contribution in [-0.4, -0.2) is 27.7 Å². The zero-order valence-corrected chi connectivity index (χ0v) is 14.3. The van der Waals surface area contributed by atoms with Gasteiger partial charge in [-0.2, -0.15) is 0 Å². The van der Waals surface area contributed by atoms with Crippen LogP contribution in [0.3, 0.4) is 0 Å². The third kappa shape index (κ3) is 4.17. The molecule has 1 aromatic heterocycles. The number of hydrogen-bond acceptors (Lipinski definition) is 4. The van der Waals surface area contributed by atoms with E-state index in [4.69, 9.17) is 4.74 Å². The predicted molar refractivity (Wildman–Crippen MR) is 100 cm³/mol. The van der Waals surface area contributed by atoms with Gasteiger partial charge in [-0.05, 0) is 42.0 Å². The van der Waals surface area contributed by atoms with E-state index >= 15 is 0 Å². The van der Waals surface area contributed by atoms with Crippen LogP contribution in [0.5, 0.6) is 5.75 Å². The fourth-order valence-corrected chi connectivity index (χ4v) is 2.51. The van der Waals surface area contributed by atoms with E-state index in [9.17, 15) is 9.90 Å². The molecule has 0 saturated heterocycles. The molecule has 132 valence electrons. The summed E-state index contributed by atoms with van der Waals surface area (Å²) in [6.45, 7) is -0.161. The van der Waals surface area contributed by atoms with Crippen molar-refractivity contribution < 1.29 is 14.6 Å². The summed E-state index contributed by atoms with van der Waals surface area (Å²) in [6.07, 6.45) is 8.53. The van der Waals surface area contributed by atoms with E-state index in [1.807, 2.05) is 35.0 Å². The van der Waals surface area contributed by atoms with E-state index in [0.717, 1.165) is 11.3 Å². The summed E-state index contributed by atoms with van der Waals surface area (Å²) in [6, 6.07) is 12.9. The van der Waals surface area contributed by atoms with Crippen LogP contribution in [0.1, 0.15) is 11.1 Å². The van der Waals surface area contributed by atoms with Gasteiger partial charge in [0.15, 0.2) is 0 Å². The number of carbonyl (C=O) groups is 1. The second-order valence-electron chi connectivity index (χ2n) is 5.57. The van der Waals surface area contributed by atoms with Gasteiger partial charge in [-0.3, -0.25) is 4.79 Å². The molecule has 0 aliphatic rings. The highest BCUT2D eigenvalue weighted by molar-refractivity contribution is 6.02. The fourth-order valence-electron chi connectivity index (χ4n) is 2.51. The number of methoxy groups -OCH3 is 1. The Morgan fingerprint density at radius 3 is 2.73 bits per heavy atom. The van der Waals surface area contributed by atoms with Gasteiger partial charge in [0, 0.05) is 35.4 Å².